The highest BCUT2D eigenvalue weighted by Gasteiger charge is 2.32. The van der Waals surface area contributed by atoms with Crippen LogP contribution in [0.3, 0.4) is 0 Å². The summed E-state index contributed by atoms with van der Waals surface area (Å²) in [5, 5.41) is 6.53. The Morgan fingerprint density at radius 3 is 2.78 bits per heavy atom. The number of carbonyl (C=O) groups is 1. The molecule has 8 heteroatoms. The molecule has 1 N–H and O–H groups in total. The maximum atomic E-state index is 11.9. The zero-order valence-corrected chi connectivity index (χ0v) is 13.3. The van der Waals surface area contributed by atoms with Gasteiger partial charge in [-0.1, -0.05) is 35.5 Å². The van der Waals surface area contributed by atoms with Crippen LogP contribution < -0.4 is 5.32 Å². The third-order valence-electron chi connectivity index (χ3n) is 3.73. The molecule has 0 bridgehead atoms. The Morgan fingerprint density at radius 2 is 2.09 bits per heavy atom. The number of hydrogen-bond acceptors (Lipinski definition) is 6. The van der Waals surface area contributed by atoms with Gasteiger partial charge in [-0.25, -0.2) is 8.42 Å². The number of nitrogens with zero attached hydrogens (tertiary/aromatic N) is 2. The van der Waals surface area contributed by atoms with Crippen molar-refractivity contribution in [1.29, 1.82) is 0 Å². The molecule has 1 amide bonds. The van der Waals surface area contributed by atoms with Gasteiger partial charge in [-0.05, 0) is 12.0 Å². The summed E-state index contributed by atoms with van der Waals surface area (Å²) in [7, 11) is -3.07. The van der Waals surface area contributed by atoms with Gasteiger partial charge >= 0.3 is 0 Å². The van der Waals surface area contributed by atoms with Crippen molar-refractivity contribution in [3.8, 4) is 0 Å². The fourth-order valence-corrected chi connectivity index (χ4v) is 4.26. The molecule has 1 aromatic carbocycles. The van der Waals surface area contributed by atoms with Crippen molar-refractivity contribution in [2.75, 3.05) is 11.5 Å². The molecule has 0 aliphatic carbocycles. The van der Waals surface area contributed by atoms with Gasteiger partial charge in [-0.15, -0.1) is 0 Å². The third kappa shape index (κ3) is 4.16. The normalized spacial score (nSPS) is 19.6. The first-order valence-corrected chi connectivity index (χ1v) is 9.17. The maximum Gasteiger partial charge on any atom is 0.246 e. The summed E-state index contributed by atoms with van der Waals surface area (Å²) in [4.78, 5) is 16.2. The molecule has 0 saturated carbocycles. The predicted octanol–water partition coefficient (Wildman–Crippen LogP) is 0.711. The molecule has 0 spiro atoms. The highest BCUT2D eigenvalue weighted by atomic mass is 32.2. The van der Waals surface area contributed by atoms with Crippen molar-refractivity contribution in [2.24, 2.45) is 5.92 Å². The van der Waals surface area contributed by atoms with Crippen molar-refractivity contribution in [3.63, 3.8) is 0 Å². The number of aromatic nitrogens is 2. The molecule has 1 aromatic heterocycles. The number of rotatable bonds is 5. The lowest BCUT2D eigenvalue weighted by Gasteiger charge is -2.06. The first-order chi connectivity index (χ1) is 11.0. The van der Waals surface area contributed by atoms with Crippen LogP contribution in [0.5, 0.6) is 0 Å². The van der Waals surface area contributed by atoms with Crippen molar-refractivity contribution in [1.82, 2.24) is 15.5 Å². The summed E-state index contributed by atoms with van der Waals surface area (Å²) in [6.07, 6.45) is 0.927. The van der Waals surface area contributed by atoms with Crippen LogP contribution >= 0.6 is 0 Å². The van der Waals surface area contributed by atoms with Crippen molar-refractivity contribution in [2.45, 2.75) is 19.4 Å². The van der Waals surface area contributed by atoms with E-state index in [4.69, 9.17) is 4.52 Å². The highest BCUT2D eigenvalue weighted by molar-refractivity contribution is 7.91. The smallest absolute Gasteiger partial charge is 0.246 e. The van der Waals surface area contributed by atoms with Crippen molar-refractivity contribution < 1.29 is 17.7 Å². The van der Waals surface area contributed by atoms with E-state index in [1.807, 2.05) is 30.3 Å². The van der Waals surface area contributed by atoms with Gasteiger partial charge in [0.25, 0.3) is 0 Å². The SMILES string of the molecule is O=C(NCc1nc(Cc2ccccc2)no1)C1CCS(=O)(=O)C1. The van der Waals surface area contributed by atoms with E-state index in [9.17, 15) is 13.2 Å². The van der Waals surface area contributed by atoms with E-state index in [0.29, 0.717) is 24.6 Å². The number of amides is 1. The van der Waals surface area contributed by atoms with Crippen LogP contribution in [0.1, 0.15) is 23.7 Å². The van der Waals surface area contributed by atoms with Gasteiger partial charge in [0.05, 0.1) is 24.0 Å². The van der Waals surface area contributed by atoms with Crippen LogP contribution in [0.15, 0.2) is 34.9 Å². The fourth-order valence-electron chi connectivity index (χ4n) is 2.52. The monoisotopic (exact) mass is 335 g/mol. The summed E-state index contributed by atoms with van der Waals surface area (Å²) in [5.41, 5.74) is 1.07. The van der Waals surface area contributed by atoms with Crippen molar-refractivity contribution in [3.05, 3.63) is 47.6 Å². The van der Waals surface area contributed by atoms with E-state index in [0.717, 1.165) is 5.56 Å². The van der Waals surface area contributed by atoms with Gasteiger partial charge < -0.3 is 9.84 Å². The Balaban J connectivity index is 1.52. The lowest BCUT2D eigenvalue weighted by molar-refractivity contribution is -0.124. The molecule has 1 aliphatic rings. The molecule has 2 heterocycles. The standard InChI is InChI=1S/C15H17N3O4S/c19-15(12-6-7-23(20,21)10-12)16-9-14-17-13(18-22-14)8-11-4-2-1-3-5-11/h1-5,12H,6-10H2,(H,16,19). The Labute approximate surface area is 134 Å². The van der Waals surface area contributed by atoms with Gasteiger partial charge in [-0.3, -0.25) is 4.79 Å². The van der Waals surface area contributed by atoms with Crippen LogP contribution in [-0.4, -0.2) is 36.0 Å². The fraction of sp³-hybridized carbons (Fsp3) is 0.400. The van der Waals surface area contributed by atoms with E-state index < -0.39 is 15.8 Å². The quantitative estimate of drug-likeness (QED) is 0.863. The van der Waals surface area contributed by atoms with Gasteiger partial charge in [0.1, 0.15) is 0 Å². The van der Waals surface area contributed by atoms with Crippen LogP contribution in [0.4, 0.5) is 0 Å². The number of carbonyl (C=O) groups excluding carboxylic acids is 1. The second kappa shape index (κ2) is 6.49. The largest absolute Gasteiger partial charge is 0.347 e. The summed E-state index contributed by atoms with van der Waals surface area (Å²) in [5.74, 6) is 0.0871. The second-order valence-electron chi connectivity index (χ2n) is 5.58. The predicted molar refractivity (Wildman–Crippen MR) is 82.2 cm³/mol. The summed E-state index contributed by atoms with van der Waals surface area (Å²) < 4.78 is 27.8. The molecule has 2 aromatic rings. The molecule has 1 fully saturated rings. The average Bonchev–Trinajstić information content (AvgIpc) is 3.12. The van der Waals surface area contributed by atoms with Crippen molar-refractivity contribution >= 4 is 15.7 Å². The van der Waals surface area contributed by atoms with E-state index in [1.54, 1.807) is 0 Å². The Hall–Kier alpha value is -2.22. The molecule has 122 valence electrons. The second-order valence-corrected chi connectivity index (χ2v) is 7.81. The number of benzene rings is 1. The van der Waals surface area contributed by atoms with E-state index >= 15 is 0 Å². The van der Waals surface area contributed by atoms with Gasteiger partial charge in [0.15, 0.2) is 15.7 Å². The van der Waals surface area contributed by atoms with Gasteiger partial charge in [0.2, 0.25) is 11.8 Å². The Kier molecular flexibility index (Phi) is 4.42. The number of sulfone groups is 1. The van der Waals surface area contributed by atoms with Crippen LogP contribution in [0.2, 0.25) is 0 Å². The highest BCUT2D eigenvalue weighted by Crippen LogP contribution is 2.18. The van der Waals surface area contributed by atoms with Gasteiger partial charge in [-0.2, -0.15) is 4.98 Å². The molecular formula is C15H17N3O4S. The molecule has 1 atom stereocenters. The number of nitrogens with one attached hydrogen (secondary N) is 1. The minimum atomic E-state index is -3.07. The molecular weight excluding hydrogens is 318 g/mol. The Bertz CT molecular complexity index is 786. The van der Waals surface area contributed by atoms with Crippen LogP contribution in [-0.2, 0) is 27.6 Å². The molecule has 1 unspecified atom stereocenters. The zero-order valence-electron chi connectivity index (χ0n) is 12.4. The molecule has 23 heavy (non-hydrogen) atoms. The van der Waals surface area contributed by atoms with E-state index in [-0.39, 0.29) is 24.0 Å². The molecule has 0 radical (unpaired) electrons. The van der Waals surface area contributed by atoms with E-state index in [1.165, 1.54) is 0 Å². The zero-order chi connectivity index (χ0) is 16.3. The summed E-state index contributed by atoms with van der Waals surface area (Å²) in [6.45, 7) is 0.108. The Morgan fingerprint density at radius 1 is 1.30 bits per heavy atom. The van der Waals surface area contributed by atoms with Gasteiger partial charge in [0, 0.05) is 6.42 Å². The number of hydrogen-bond donors (Lipinski definition) is 1. The maximum absolute atomic E-state index is 11.9. The lowest BCUT2D eigenvalue weighted by Crippen LogP contribution is -2.31. The molecule has 1 saturated heterocycles. The van der Waals surface area contributed by atoms with E-state index in [2.05, 4.69) is 15.5 Å². The minimum Gasteiger partial charge on any atom is -0.347 e. The summed E-state index contributed by atoms with van der Waals surface area (Å²) >= 11 is 0. The molecule has 1 aliphatic heterocycles. The average molecular weight is 335 g/mol. The minimum absolute atomic E-state index is 0.0763. The van der Waals surface area contributed by atoms with Crippen LogP contribution in [0.25, 0.3) is 0 Å². The third-order valence-corrected chi connectivity index (χ3v) is 5.50. The molecule has 3 rings (SSSR count). The first-order valence-electron chi connectivity index (χ1n) is 7.35. The van der Waals surface area contributed by atoms with Crippen LogP contribution in [0, 0.1) is 5.92 Å². The summed E-state index contributed by atoms with van der Waals surface area (Å²) in [6, 6.07) is 9.75. The molecule has 7 nitrogen and oxygen atoms in total. The first kappa shape index (κ1) is 15.7. The topological polar surface area (TPSA) is 102 Å². The lowest BCUT2D eigenvalue weighted by atomic mass is 10.1.